The average Bonchev–Trinajstić information content (AvgIpc) is 2.71. The Balaban J connectivity index is 2.14. The molecule has 0 radical (unpaired) electrons. The minimum absolute atomic E-state index is 0.297. The zero-order valence-electron chi connectivity index (χ0n) is 13.1. The normalized spacial score (nSPS) is 13.8. The molecule has 0 saturated heterocycles. The molecule has 2 N–H and O–H groups in total. The predicted molar refractivity (Wildman–Crippen MR) is 83.4 cm³/mol. The molecule has 1 unspecified atom stereocenters. The molecule has 0 amide bonds. The quantitative estimate of drug-likeness (QED) is 0.912. The Morgan fingerprint density at radius 3 is 2.65 bits per heavy atom. The van der Waals surface area contributed by atoms with Crippen LogP contribution in [0.1, 0.15) is 39.4 Å². The molecule has 2 rings (SSSR count). The van der Waals surface area contributed by atoms with Crippen molar-refractivity contribution in [1.29, 1.82) is 0 Å². The molecule has 0 aliphatic rings. The second kappa shape index (κ2) is 5.92. The van der Waals surface area contributed by atoms with Crippen molar-refractivity contribution in [2.75, 3.05) is 6.54 Å². The lowest BCUT2D eigenvalue weighted by Crippen LogP contribution is -2.24. The van der Waals surface area contributed by atoms with Crippen LogP contribution in [0.2, 0.25) is 0 Å². The highest BCUT2D eigenvalue weighted by Gasteiger charge is 2.24. The topological polar surface area (TPSA) is 56.7 Å². The summed E-state index contributed by atoms with van der Waals surface area (Å²) in [4.78, 5) is 8.89. The first-order valence-electron chi connectivity index (χ1n) is 7.39. The van der Waals surface area contributed by atoms with Gasteiger partial charge in [-0.15, -0.1) is 0 Å². The summed E-state index contributed by atoms with van der Waals surface area (Å²) >= 11 is 0. The molecule has 0 saturated carbocycles. The zero-order valence-corrected chi connectivity index (χ0v) is 13.1. The van der Waals surface area contributed by atoms with E-state index >= 15 is 0 Å². The van der Waals surface area contributed by atoms with Crippen molar-refractivity contribution < 1.29 is 0 Å². The van der Waals surface area contributed by atoms with Gasteiger partial charge in [0, 0.05) is 19.7 Å². The molecule has 20 heavy (non-hydrogen) atoms. The van der Waals surface area contributed by atoms with Crippen molar-refractivity contribution in [1.82, 2.24) is 14.5 Å². The summed E-state index contributed by atoms with van der Waals surface area (Å²) < 4.78 is 2.16. The van der Waals surface area contributed by atoms with Gasteiger partial charge in [-0.05, 0) is 36.8 Å². The standard InChI is InChI=1S/C16H26N4/c1-16(2,3)12(7-9-17)5-6-15-19-13-8-10-18-11-14(13)20(15)4/h8,10-12H,5-7,9,17H2,1-4H3. The van der Waals surface area contributed by atoms with Crippen molar-refractivity contribution in [2.24, 2.45) is 24.1 Å². The lowest BCUT2D eigenvalue weighted by Gasteiger charge is -2.30. The number of aryl methyl sites for hydroxylation is 2. The second-order valence-electron chi connectivity index (χ2n) is 6.63. The maximum atomic E-state index is 5.76. The number of hydrogen-bond donors (Lipinski definition) is 1. The zero-order chi connectivity index (χ0) is 14.8. The number of nitrogens with two attached hydrogens (primary N) is 1. The summed E-state index contributed by atoms with van der Waals surface area (Å²) in [6, 6.07) is 1.97. The van der Waals surface area contributed by atoms with Gasteiger partial charge in [-0.25, -0.2) is 4.98 Å². The Labute approximate surface area is 121 Å². The van der Waals surface area contributed by atoms with Crippen molar-refractivity contribution in [3.05, 3.63) is 24.3 Å². The van der Waals surface area contributed by atoms with Crippen LogP contribution in [0.3, 0.4) is 0 Å². The Hall–Kier alpha value is -1.42. The number of pyridine rings is 1. The minimum atomic E-state index is 0.297. The Bertz CT molecular complexity index is 565. The summed E-state index contributed by atoms with van der Waals surface area (Å²) in [6.07, 6.45) is 6.88. The van der Waals surface area contributed by atoms with Gasteiger partial charge in [0.2, 0.25) is 0 Å². The van der Waals surface area contributed by atoms with Crippen LogP contribution < -0.4 is 5.73 Å². The summed E-state index contributed by atoms with van der Waals surface area (Å²) in [7, 11) is 2.07. The molecule has 110 valence electrons. The van der Waals surface area contributed by atoms with Crippen molar-refractivity contribution in [3.8, 4) is 0 Å². The SMILES string of the molecule is Cn1c(CCC(CCN)C(C)(C)C)nc2ccncc21. The fraction of sp³-hybridized carbons (Fsp3) is 0.625. The lowest BCUT2D eigenvalue weighted by molar-refractivity contribution is 0.213. The first kappa shape index (κ1) is 15.0. The van der Waals surface area contributed by atoms with Gasteiger partial charge in [0.25, 0.3) is 0 Å². The molecule has 0 bridgehead atoms. The molecule has 0 aliphatic carbocycles. The van der Waals surface area contributed by atoms with Crippen LogP contribution in [0.25, 0.3) is 11.0 Å². The van der Waals surface area contributed by atoms with Crippen LogP contribution in [-0.2, 0) is 13.5 Å². The summed E-state index contributed by atoms with van der Waals surface area (Å²) in [5.74, 6) is 1.77. The molecule has 0 aromatic carbocycles. The van der Waals surface area contributed by atoms with E-state index in [4.69, 9.17) is 10.7 Å². The number of nitrogens with zero attached hydrogens (tertiary/aromatic N) is 3. The lowest BCUT2D eigenvalue weighted by atomic mass is 9.76. The van der Waals surface area contributed by atoms with E-state index in [0.717, 1.165) is 42.7 Å². The molecule has 0 fully saturated rings. The van der Waals surface area contributed by atoms with Crippen molar-refractivity contribution >= 4 is 11.0 Å². The molecular formula is C16H26N4. The maximum Gasteiger partial charge on any atom is 0.109 e. The smallest absolute Gasteiger partial charge is 0.109 e. The van der Waals surface area contributed by atoms with E-state index in [2.05, 4.69) is 37.4 Å². The molecule has 0 spiro atoms. The number of fused-ring (bicyclic) bond motifs is 1. The first-order chi connectivity index (χ1) is 9.43. The molecule has 4 heteroatoms. The van der Waals surface area contributed by atoms with E-state index in [1.54, 1.807) is 6.20 Å². The van der Waals surface area contributed by atoms with E-state index in [9.17, 15) is 0 Å². The minimum Gasteiger partial charge on any atom is -0.330 e. The largest absolute Gasteiger partial charge is 0.330 e. The molecule has 2 aromatic rings. The van der Waals surface area contributed by atoms with E-state index in [1.165, 1.54) is 0 Å². The number of hydrogen-bond acceptors (Lipinski definition) is 3. The Morgan fingerprint density at radius 1 is 1.30 bits per heavy atom. The Morgan fingerprint density at radius 2 is 2.05 bits per heavy atom. The van der Waals surface area contributed by atoms with Crippen LogP contribution in [0.15, 0.2) is 18.5 Å². The van der Waals surface area contributed by atoms with Gasteiger partial charge in [0.1, 0.15) is 5.82 Å². The van der Waals surface area contributed by atoms with Crippen molar-refractivity contribution in [2.45, 2.75) is 40.0 Å². The number of rotatable bonds is 5. The fourth-order valence-electron chi connectivity index (χ4n) is 2.82. The Kier molecular flexibility index (Phi) is 4.43. The highest BCUT2D eigenvalue weighted by molar-refractivity contribution is 5.74. The number of imidazole rings is 1. The summed E-state index contributed by atoms with van der Waals surface area (Å²) in [5.41, 5.74) is 8.19. The van der Waals surface area contributed by atoms with E-state index in [-0.39, 0.29) is 0 Å². The number of aromatic nitrogens is 3. The highest BCUT2D eigenvalue weighted by atomic mass is 15.1. The van der Waals surface area contributed by atoms with Gasteiger partial charge in [0.05, 0.1) is 17.2 Å². The van der Waals surface area contributed by atoms with E-state index < -0.39 is 0 Å². The summed E-state index contributed by atoms with van der Waals surface area (Å²) in [6.45, 7) is 7.65. The third-order valence-electron chi connectivity index (χ3n) is 4.23. The van der Waals surface area contributed by atoms with Crippen molar-refractivity contribution in [3.63, 3.8) is 0 Å². The summed E-state index contributed by atoms with van der Waals surface area (Å²) in [5, 5.41) is 0. The molecule has 0 aliphatic heterocycles. The van der Waals surface area contributed by atoms with E-state index in [0.29, 0.717) is 11.3 Å². The molecular weight excluding hydrogens is 248 g/mol. The average molecular weight is 274 g/mol. The van der Waals surface area contributed by atoms with Crippen LogP contribution in [0.5, 0.6) is 0 Å². The molecule has 2 aromatic heterocycles. The van der Waals surface area contributed by atoms with Gasteiger partial charge >= 0.3 is 0 Å². The van der Waals surface area contributed by atoms with Crippen LogP contribution >= 0.6 is 0 Å². The van der Waals surface area contributed by atoms with Gasteiger partial charge in [0.15, 0.2) is 0 Å². The third kappa shape index (κ3) is 3.18. The van der Waals surface area contributed by atoms with E-state index in [1.807, 2.05) is 12.3 Å². The van der Waals surface area contributed by atoms with Crippen LogP contribution in [0, 0.1) is 11.3 Å². The predicted octanol–water partition coefficient (Wildman–Crippen LogP) is 2.91. The van der Waals surface area contributed by atoms with Gasteiger partial charge < -0.3 is 10.3 Å². The van der Waals surface area contributed by atoms with Gasteiger partial charge in [-0.2, -0.15) is 0 Å². The van der Waals surface area contributed by atoms with Crippen LogP contribution in [-0.4, -0.2) is 21.1 Å². The first-order valence-corrected chi connectivity index (χ1v) is 7.39. The second-order valence-corrected chi connectivity index (χ2v) is 6.63. The van der Waals surface area contributed by atoms with Gasteiger partial charge in [-0.3, -0.25) is 4.98 Å². The highest BCUT2D eigenvalue weighted by Crippen LogP contribution is 2.32. The fourth-order valence-corrected chi connectivity index (χ4v) is 2.82. The van der Waals surface area contributed by atoms with Gasteiger partial charge in [-0.1, -0.05) is 20.8 Å². The monoisotopic (exact) mass is 274 g/mol. The third-order valence-corrected chi connectivity index (χ3v) is 4.23. The molecule has 1 atom stereocenters. The van der Waals surface area contributed by atoms with Crippen LogP contribution in [0.4, 0.5) is 0 Å². The molecule has 4 nitrogen and oxygen atoms in total. The molecule has 2 heterocycles. The maximum absolute atomic E-state index is 5.76.